The van der Waals surface area contributed by atoms with Crippen LogP contribution in [-0.4, -0.2) is 11.4 Å². The molecular formula is C15H19BrFNO. The van der Waals surface area contributed by atoms with E-state index in [1.165, 1.54) is 6.07 Å². The topological polar surface area (TPSA) is 29.1 Å². The van der Waals surface area contributed by atoms with Crippen molar-refractivity contribution >= 4 is 21.8 Å². The smallest absolute Gasteiger partial charge is 0.220 e. The molecule has 1 aliphatic heterocycles. The molecule has 0 saturated carbocycles. The summed E-state index contributed by atoms with van der Waals surface area (Å²) in [6.07, 6.45) is 2.79. The summed E-state index contributed by atoms with van der Waals surface area (Å²) in [5.74, 6) is 0.341. The first kappa shape index (κ1) is 14.5. The minimum absolute atomic E-state index is 0.0816. The predicted octanol–water partition coefficient (Wildman–Crippen LogP) is 3.83. The summed E-state index contributed by atoms with van der Waals surface area (Å²) < 4.78 is 14.7. The van der Waals surface area contributed by atoms with Crippen LogP contribution in [-0.2, 0) is 11.2 Å². The molecule has 2 nitrogen and oxygen atoms in total. The van der Waals surface area contributed by atoms with E-state index in [-0.39, 0.29) is 17.3 Å². The van der Waals surface area contributed by atoms with Gasteiger partial charge in [-0.15, -0.1) is 0 Å². The molecule has 1 aromatic rings. The standard InChI is InChI=1S/C15H19BrFNO/c1-10(2)8-15(6-5-14(19)18-15)9-11-3-4-12(16)7-13(11)17/h3-4,7,10H,5-6,8-9H2,1-2H3,(H,18,19). The van der Waals surface area contributed by atoms with Crippen LogP contribution in [0.15, 0.2) is 22.7 Å². The van der Waals surface area contributed by atoms with Gasteiger partial charge in [0.15, 0.2) is 0 Å². The van der Waals surface area contributed by atoms with Gasteiger partial charge in [-0.3, -0.25) is 4.79 Å². The van der Waals surface area contributed by atoms with E-state index >= 15 is 0 Å². The quantitative estimate of drug-likeness (QED) is 0.894. The Kier molecular flexibility index (Phi) is 4.29. The highest BCUT2D eigenvalue weighted by atomic mass is 79.9. The Labute approximate surface area is 121 Å². The molecule has 0 spiro atoms. The van der Waals surface area contributed by atoms with Crippen LogP contribution in [0.4, 0.5) is 4.39 Å². The highest BCUT2D eigenvalue weighted by Crippen LogP contribution is 2.32. The molecule has 19 heavy (non-hydrogen) atoms. The lowest BCUT2D eigenvalue weighted by atomic mass is 9.82. The number of halogens is 2. The molecule has 1 N–H and O–H groups in total. The van der Waals surface area contributed by atoms with Gasteiger partial charge in [-0.25, -0.2) is 4.39 Å². The number of hydrogen-bond acceptors (Lipinski definition) is 1. The molecule has 2 rings (SSSR count). The molecule has 1 unspecified atom stereocenters. The second-order valence-corrected chi connectivity index (χ2v) is 6.75. The zero-order chi connectivity index (χ0) is 14.0. The Morgan fingerprint density at radius 2 is 2.21 bits per heavy atom. The van der Waals surface area contributed by atoms with Gasteiger partial charge in [-0.05, 0) is 42.9 Å². The lowest BCUT2D eigenvalue weighted by molar-refractivity contribution is -0.119. The Balaban J connectivity index is 2.23. The zero-order valence-electron chi connectivity index (χ0n) is 11.3. The van der Waals surface area contributed by atoms with E-state index in [1.54, 1.807) is 6.07 Å². The van der Waals surface area contributed by atoms with Gasteiger partial charge >= 0.3 is 0 Å². The third-order valence-corrected chi connectivity index (χ3v) is 4.07. The number of carbonyl (C=O) groups excluding carboxylic acids is 1. The van der Waals surface area contributed by atoms with Gasteiger partial charge in [0.2, 0.25) is 5.91 Å². The van der Waals surface area contributed by atoms with Gasteiger partial charge in [0.05, 0.1) is 0 Å². The van der Waals surface area contributed by atoms with E-state index in [4.69, 9.17) is 0 Å². The van der Waals surface area contributed by atoms with Gasteiger partial charge in [-0.2, -0.15) is 0 Å². The summed E-state index contributed by atoms with van der Waals surface area (Å²) in [5.41, 5.74) is 0.394. The van der Waals surface area contributed by atoms with Crippen molar-refractivity contribution in [1.82, 2.24) is 5.32 Å². The summed E-state index contributed by atoms with van der Waals surface area (Å²) in [6.45, 7) is 4.26. The number of amides is 1. The Bertz CT molecular complexity index is 489. The molecule has 1 fully saturated rings. The lowest BCUT2D eigenvalue weighted by Gasteiger charge is -2.31. The van der Waals surface area contributed by atoms with Crippen LogP contribution < -0.4 is 5.32 Å². The van der Waals surface area contributed by atoms with Gasteiger partial charge < -0.3 is 5.32 Å². The first-order valence-corrected chi connectivity index (χ1v) is 7.44. The Morgan fingerprint density at radius 3 is 2.74 bits per heavy atom. The van der Waals surface area contributed by atoms with Crippen LogP contribution in [0.2, 0.25) is 0 Å². The van der Waals surface area contributed by atoms with Gasteiger partial charge in [0.25, 0.3) is 0 Å². The maximum absolute atomic E-state index is 14.0. The Hall–Kier alpha value is -0.900. The summed E-state index contributed by atoms with van der Waals surface area (Å²) in [4.78, 5) is 11.6. The Morgan fingerprint density at radius 1 is 1.47 bits per heavy atom. The summed E-state index contributed by atoms with van der Waals surface area (Å²) in [6, 6.07) is 5.12. The van der Waals surface area contributed by atoms with Crippen molar-refractivity contribution in [2.45, 2.75) is 45.1 Å². The van der Waals surface area contributed by atoms with Crippen molar-refractivity contribution in [2.75, 3.05) is 0 Å². The molecule has 1 amide bonds. The minimum atomic E-state index is -0.278. The molecule has 1 aromatic carbocycles. The third kappa shape index (κ3) is 3.56. The molecule has 0 bridgehead atoms. The van der Waals surface area contributed by atoms with Crippen molar-refractivity contribution < 1.29 is 9.18 Å². The summed E-state index contributed by atoms with van der Waals surface area (Å²) in [7, 11) is 0. The molecule has 104 valence electrons. The highest BCUT2D eigenvalue weighted by molar-refractivity contribution is 9.10. The van der Waals surface area contributed by atoms with Crippen molar-refractivity contribution in [3.8, 4) is 0 Å². The summed E-state index contributed by atoms with van der Waals surface area (Å²) in [5, 5.41) is 3.07. The first-order valence-electron chi connectivity index (χ1n) is 6.65. The van der Waals surface area contributed by atoms with Gasteiger partial charge in [0, 0.05) is 16.4 Å². The SMILES string of the molecule is CC(C)CC1(Cc2ccc(Br)cc2F)CCC(=O)N1. The lowest BCUT2D eigenvalue weighted by Crippen LogP contribution is -2.44. The minimum Gasteiger partial charge on any atom is -0.350 e. The molecule has 1 heterocycles. The highest BCUT2D eigenvalue weighted by Gasteiger charge is 2.38. The van der Waals surface area contributed by atoms with Crippen LogP contribution in [0.1, 0.15) is 38.7 Å². The van der Waals surface area contributed by atoms with Crippen LogP contribution in [0.3, 0.4) is 0 Å². The number of benzene rings is 1. The van der Waals surface area contributed by atoms with E-state index in [0.29, 0.717) is 24.3 Å². The fraction of sp³-hybridized carbons (Fsp3) is 0.533. The third-order valence-electron chi connectivity index (χ3n) is 3.58. The van der Waals surface area contributed by atoms with Crippen LogP contribution >= 0.6 is 15.9 Å². The molecular weight excluding hydrogens is 309 g/mol. The van der Waals surface area contributed by atoms with Gasteiger partial charge in [-0.1, -0.05) is 35.8 Å². The van der Waals surface area contributed by atoms with Crippen molar-refractivity contribution in [3.05, 3.63) is 34.1 Å². The number of nitrogens with one attached hydrogen (secondary N) is 1. The van der Waals surface area contributed by atoms with E-state index in [9.17, 15) is 9.18 Å². The average Bonchev–Trinajstić information content (AvgIpc) is 2.63. The second kappa shape index (κ2) is 5.61. The summed E-state index contributed by atoms with van der Waals surface area (Å²) >= 11 is 3.26. The largest absolute Gasteiger partial charge is 0.350 e. The average molecular weight is 328 g/mol. The molecule has 1 saturated heterocycles. The molecule has 0 aliphatic carbocycles. The molecule has 0 aromatic heterocycles. The number of hydrogen-bond donors (Lipinski definition) is 1. The van der Waals surface area contributed by atoms with E-state index in [1.807, 2.05) is 6.07 Å². The van der Waals surface area contributed by atoms with Crippen LogP contribution in [0.25, 0.3) is 0 Å². The fourth-order valence-electron chi connectivity index (χ4n) is 2.94. The van der Waals surface area contributed by atoms with Crippen LogP contribution in [0, 0.1) is 11.7 Å². The maximum Gasteiger partial charge on any atom is 0.220 e. The van der Waals surface area contributed by atoms with E-state index in [2.05, 4.69) is 35.1 Å². The number of carbonyl (C=O) groups is 1. The first-order chi connectivity index (χ1) is 8.90. The molecule has 1 aliphatic rings. The van der Waals surface area contributed by atoms with Gasteiger partial charge in [0.1, 0.15) is 5.82 Å². The van der Waals surface area contributed by atoms with Crippen molar-refractivity contribution in [1.29, 1.82) is 0 Å². The maximum atomic E-state index is 14.0. The molecule has 0 radical (unpaired) electrons. The molecule has 4 heteroatoms. The zero-order valence-corrected chi connectivity index (χ0v) is 12.9. The molecule has 1 atom stereocenters. The van der Waals surface area contributed by atoms with Crippen LogP contribution in [0.5, 0.6) is 0 Å². The van der Waals surface area contributed by atoms with E-state index < -0.39 is 0 Å². The fourth-order valence-corrected chi connectivity index (χ4v) is 3.28. The monoisotopic (exact) mass is 327 g/mol. The number of rotatable bonds is 4. The second-order valence-electron chi connectivity index (χ2n) is 5.84. The van der Waals surface area contributed by atoms with Crippen molar-refractivity contribution in [2.24, 2.45) is 5.92 Å². The normalized spacial score (nSPS) is 22.9. The van der Waals surface area contributed by atoms with E-state index in [0.717, 1.165) is 17.3 Å². The predicted molar refractivity (Wildman–Crippen MR) is 77.4 cm³/mol. The van der Waals surface area contributed by atoms with Crippen molar-refractivity contribution in [3.63, 3.8) is 0 Å².